The highest BCUT2D eigenvalue weighted by molar-refractivity contribution is 5.62. The van der Waals surface area contributed by atoms with Crippen molar-refractivity contribution in [1.29, 1.82) is 0 Å². The van der Waals surface area contributed by atoms with Gasteiger partial charge >= 0.3 is 0 Å². The first-order valence-electron chi connectivity index (χ1n) is 9.04. The third-order valence-corrected chi connectivity index (χ3v) is 4.74. The number of rotatable bonds is 5. The smallest absolute Gasteiger partial charge is 0.125 e. The average Bonchev–Trinajstić information content (AvgIpc) is 2.69. The Hall–Kier alpha value is -2.76. The topological polar surface area (TPSA) is 54.4 Å². The molecule has 4 rings (SSSR count). The first-order chi connectivity index (χ1) is 13.2. The van der Waals surface area contributed by atoms with Crippen LogP contribution in [-0.2, 0) is 6.54 Å². The number of aromatic nitrogens is 1. The van der Waals surface area contributed by atoms with E-state index >= 15 is 0 Å². The van der Waals surface area contributed by atoms with Crippen molar-refractivity contribution in [3.63, 3.8) is 0 Å². The monoisotopic (exact) mass is 364 g/mol. The van der Waals surface area contributed by atoms with E-state index in [0.29, 0.717) is 19.5 Å². The third kappa shape index (κ3) is 4.15. The van der Waals surface area contributed by atoms with Crippen LogP contribution in [0.5, 0.6) is 5.75 Å². The molecule has 5 heteroatoms. The Morgan fingerprint density at radius 1 is 1.04 bits per heavy atom. The molecule has 0 saturated carbocycles. The number of nitrogens with zero attached hydrogens (tertiary/aromatic N) is 1. The molecule has 1 aliphatic heterocycles. The number of aliphatic hydroxyl groups excluding tert-OH is 1. The summed E-state index contributed by atoms with van der Waals surface area (Å²) in [5.41, 5.74) is 3.66. The van der Waals surface area contributed by atoms with Crippen LogP contribution >= 0.6 is 0 Å². The van der Waals surface area contributed by atoms with Crippen LogP contribution in [0, 0.1) is 5.82 Å². The van der Waals surface area contributed by atoms with Crippen LogP contribution < -0.4 is 10.1 Å². The third-order valence-electron chi connectivity index (χ3n) is 4.74. The van der Waals surface area contributed by atoms with Gasteiger partial charge in [-0.1, -0.05) is 36.4 Å². The largest absolute Gasteiger partial charge is 0.489 e. The number of para-hydroxylation sites is 1. The van der Waals surface area contributed by atoms with Gasteiger partial charge < -0.3 is 15.2 Å². The first kappa shape index (κ1) is 17.6. The molecular weight excluding hydrogens is 343 g/mol. The van der Waals surface area contributed by atoms with Gasteiger partial charge in [-0.25, -0.2) is 4.39 Å². The Kier molecular flexibility index (Phi) is 5.14. The summed E-state index contributed by atoms with van der Waals surface area (Å²) in [5, 5.41) is 13.6. The zero-order valence-electron chi connectivity index (χ0n) is 14.8. The van der Waals surface area contributed by atoms with Crippen molar-refractivity contribution >= 4 is 0 Å². The Morgan fingerprint density at radius 3 is 2.59 bits per heavy atom. The second kappa shape index (κ2) is 7.86. The normalized spacial score (nSPS) is 18.6. The molecule has 1 aromatic heterocycles. The van der Waals surface area contributed by atoms with Gasteiger partial charge in [0.25, 0.3) is 0 Å². The van der Waals surface area contributed by atoms with Crippen LogP contribution in [0.25, 0.3) is 11.1 Å². The number of pyridine rings is 1. The summed E-state index contributed by atoms with van der Waals surface area (Å²) in [7, 11) is 0. The summed E-state index contributed by atoms with van der Waals surface area (Å²) in [5.74, 6) is 0.509. The minimum Gasteiger partial charge on any atom is -0.489 e. The molecule has 2 aromatic carbocycles. The number of aliphatic hydroxyl groups is 1. The van der Waals surface area contributed by atoms with Crippen LogP contribution in [0.2, 0.25) is 0 Å². The highest BCUT2D eigenvalue weighted by Crippen LogP contribution is 2.34. The SMILES string of the molecule is OC1C[C@H](CNCc2ccc(-c3ccc(F)cc3)cn2)Oc2ccccc21. The number of nitrogens with one attached hydrogen (secondary N) is 1. The van der Waals surface area contributed by atoms with Crippen LogP contribution in [0.1, 0.15) is 23.8 Å². The van der Waals surface area contributed by atoms with Gasteiger partial charge in [0.2, 0.25) is 0 Å². The van der Waals surface area contributed by atoms with E-state index in [1.807, 2.05) is 36.4 Å². The lowest BCUT2D eigenvalue weighted by molar-refractivity contribution is 0.0657. The Labute approximate surface area is 157 Å². The quantitative estimate of drug-likeness (QED) is 0.722. The molecule has 3 aromatic rings. The standard InChI is InChI=1S/C22H21FN2O2/c23-17-8-5-15(6-9-17)16-7-10-18(25-12-16)13-24-14-19-11-21(26)20-3-1-2-4-22(20)27-19/h1-10,12,19,21,24,26H,11,13-14H2/t19-,21?/m1/s1. The molecule has 0 amide bonds. The van der Waals surface area contributed by atoms with Gasteiger partial charge in [-0.3, -0.25) is 4.98 Å². The minimum absolute atomic E-state index is 0.0756. The Balaban J connectivity index is 1.31. The highest BCUT2D eigenvalue weighted by Gasteiger charge is 2.26. The zero-order chi connectivity index (χ0) is 18.6. The van der Waals surface area contributed by atoms with E-state index in [1.165, 1.54) is 12.1 Å². The van der Waals surface area contributed by atoms with E-state index in [1.54, 1.807) is 18.3 Å². The molecule has 27 heavy (non-hydrogen) atoms. The van der Waals surface area contributed by atoms with Gasteiger partial charge in [0, 0.05) is 36.8 Å². The maximum Gasteiger partial charge on any atom is 0.125 e. The van der Waals surface area contributed by atoms with Gasteiger partial charge in [-0.2, -0.15) is 0 Å². The van der Waals surface area contributed by atoms with Gasteiger partial charge in [0.15, 0.2) is 0 Å². The molecule has 0 radical (unpaired) electrons. The second-order valence-corrected chi connectivity index (χ2v) is 6.71. The van der Waals surface area contributed by atoms with E-state index in [0.717, 1.165) is 28.1 Å². The van der Waals surface area contributed by atoms with Crippen molar-refractivity contribution < 1.29 is 14.2 Å². The molecular formula is C22H21FN2O2. The second-order valence-electron chi connectivity index (χ2n) is 6.71. The summed E-state index contributed by atoms with van der Waals surface area (Å²) in [6.45, 7) is 1.24. The van der Waals surface area contributed by atoms with Gasteiger partial charge in [0.1, 0.15) is 17.7 Å². The highest BCUT2D eigenvalue weighted by atomic mass is 19.1. The van der Waals surface area contributed by atoms with E-state index in [4.69, 9.17) is 4.74 Å². The van der Waals surface area contributed by atoms with Gasteiger partial charge in [-0.15, -0.1) is 0 Å². The molecule has 1 aliphatic rings. The molecule has 2 atom stereocenters. The lowest BCUT2D eigenvalue weighted by Crippen LogP contribution is -2.35. The zero-order valence-corrected chi connectivity index (χ0v) is 14.8. The van der Waals surface area contributed by atoms with Crippen molar-refractivity contribution in [2.75, 3.05) is 6.54 Å². The summed E-state index contributed by atoms with van der Waals surface area (Å²) in [6, 6.07) is 17.9. The van der Waals surface area contributed by atoms with Gasteiger partial charge in [0.05, 0.1) is 11.8 Å². The van der Waals surface area contributed by atoms with Crippen molar-refractivity contribution in [2.45, 2.75) is 25.2 Å². The van der Waals surface area contributed by atoms with Crippen molar-refractivity contribution in [3.05, 3.63) is 83.9 Å². The molecule has 138 valence electrons. The van der Waals surface area contributed by atoms with E-state index < -0.39 is 6.10 Å². The fourth-order valence-corrected chi connectivity index (χ4v) is 3.30. The van der Waals surface area contributed by atoms with Gasteiger partial charge in [-0.05, 0) is 29.8 Å². The fraction of sp³-hybridized carbons (Fsp3) is 0.227. The maximum absolute atomic E-state index is 13.0. The number of hydrogen-bond donors (Lipinski definition) is 2. The fourth-order valence-electron chi connectivity index (χ4n) is 3.30. The number of hydrogen-bond acceptors (Lipinski definition) is 4. The summed E-state index contributed by atoms with van der Waals surface area (Å²) >= 11 is 0. The van der Waals surface area contributed by atoms with Crippen LogP contribution in [0.15, 0.2) is 66.9 Å². The molecule has 0 aliphatic carbocycles. The summed E-state index contributed by atoms with van der Waals surface area (Å²) in [4.78, 5) is 4.46. The predicted molar refractivity (Wildman–Crippen MR) is 102 cm³/mol. The van der Waals surface area contributed by atoms with Crippen LogP contribution in [0.4, 0.5) is 4.39 Å². The lowest BCUT2D eigenvalue weighted by Gasteiger charge is -2.29. The minimum atomic E-state index is -0.491. The van der Waals surface area contributed by atoms with Crippen LogP contribution in [0.3, 0.4) is 0 Å². The van der Waals surface area contributed by atoms with Crippen LogP contribution in [-0.4, -0.2) is 22.7 Å². The predicted octanol–water partition coefficient (Wildman–Crippen LogP) is 3.86. The Morgan fingerprint density at radius 2 is 1.81 bits per heavy atom. The first-order valence-corrected chi connectivity index (χ1v) is 9.04. The van der Waals surface area contributed by atoms with E-state index in [2.05, 4.69) is 10.3 Å². The molecule has 0 fully saturated rings. The summed E-state index contributed by atoms with van der Waals surface area (Å²) in [6.07, 6.45) is 1.80. The summed E-state index contributed by atoms with van der Waals surface area (Å²) < 4.78 is 19.0. The lowest BCUT2D eigenvalue weighted by atomic mass is 9.99. The maximum atomic E-state index is 13.0. The molecule has 4 nitrogen and oxygen atoms in total. The molecule has 1 unspecified atom stereocenters. The van der Waals surface area contributed by atoms with Crippen molar-refractivity contribution in [3.8, 4) is 16.9 Å². The van der Waals surface area contributed by atoms with E-state index in [-0.39, 0.29) is 11.9 Å². The Bertz CT molecular complexity index is 897. The molecule has 2 N–H and O–H groups in total. The number of fused-ring (bicyclic) bond motifs is 1. The van der Waals surface area contributed by atoms with Crippen molar-refractivity contribution in [2.24, 2.45) is 0 Å². The van der Waals surface area contributed by atoms with Crippen molar-refractivity contribution in [1.82, 2.24) is 10.3 Å². The average molecular weight is 364 g/mol. The number of ether oxygens (including phenoxy) is 1. The molecule has 0 spiro atoms. The number of halogens is 1. The molecule has 0 bridgehead atoms. The van der Waals surface area contributed by atoms with E-state index in [9.17, 15) is 9.50 Å². The molecule has 0 saturated heterocycles. The molecule has 2 heterocycles. The number of benzene rings is 2.